The van der Waals surface area contributed by atoms with Gasteiger partial charge in [0.25, 0.3) is 0 Å². The Balaban J connectivity index is 0.00000180. The van der Waals surface area contributed by atoms with Crippen LogP contribution in [0.5, 0.6) is 5.75 Å². The van der Waals surface area contributed by atoms with E-state index in [9.17, 15) is 5.11 Å². The van der Waals surface area contributed by atoms with Crippen LogP contribution in [0.15, 0.2) is 29.3 Å². The molecule has 1 saturated carbocycles. The van der Waals surface area contributed by atoms with Crippen LogP contribution >= 0.6 is 24.0 Å². The number of nitrogens with one attached hydrogen (secondary N) is 2. The highest BCUT2D eigenvalue weighted by Gasteiger charge is 2.21. The van der Waals surface area contributed by atoms with Gasteiger partial charge in [0.15, 0.2) is 5.96 Å². The maximum atomic E-state index is 9.37. The standard InChI is InChI=1S/C14H21N3O.HI/c1-2-15-14(17-12-6-7-12)16-9-8-11-4-3-5-13(18)10-11;/h3-5,10,12,18H,2,6-9H2,1H3,(H2,15,16,17);1H. The first-order chi connectivity index (χ1) is 8.78. The first kappa shape index (κ1) is 16.1. The zero-order valence-corrected chi connectivity index (χ0v) is 13.6. The van der Waals surface area contributed by atoms with E-state index in [0.717, 1.165) is 31.0 Å². The van der Waals surface area contributed by atoms with Gasteiger partial charge in [0.2, 0.25) is 0 Å². The summed E-state index contributed by atoms with van der Waals surface area (Å²) in [4.78, 5) is 4.53. The molecule has 5 heteroatoms. The Kier molecular flexibility index (Phi) is 6.97. The molecule has 3 N–H and O–H groups in total. The lowest BCUT2D eigenvalue weighted by atomic mass is 10.1. The van der Waals surface area contributed by atoms with E-state index < -0.39 is 0 Å². The predicted octanol–water partition coefficient (Wildman–Crippen LogP) is 2.27. The summed E-state index contributed by atoms with van der Waals surface area (Å²) in [5.41, 5.74) is 1.11. The molecule has 1 fully saturated rings. The van der Waals surface area contributed by atoms with Gasteiger partial charge >= 0.3 is 0 Å². The molecule has 1 aromatic rings. The van der Waals surface area contributed by atoms with Crippen molar-refractivity contribution in [3.05, 3.63) is 29.8 Å². The Morgan fingerprint density at radius 3 is 2.84 bits per heavy atom. The number of guanidine groups is 1. The number of phenols is 1. The smallest absolute Gasteiger partial charge is 0.191 e. The first-order valence-corrected chi connectivity index (χ1v) is 6.60. The molecule has 106 valence electrons. The van der Waals surface area contributed by atoms with E-state index in [4.69, 9.17) is 0 Å². The van der Waals surface area contributed by atoms with E-state index in [1.165, 1.54) is 12.8 Å². The lowest BCUT2D eigenvalue weighted by molar-refractivity contribution is 0.474. The molecular formula is C14H22IN3O. The van der Waals surface area contributed by atoms with E-state index in [-0.39, 0.29) is 24.0 Å². The van der Waals surface area contributed by atoms with Gasteiger partial charge in [0.1, 0.15) is 5.75 Å². The summed E-state index contributed by atoms with van der Waals surface area (Å²) in [5, 5.41) is 16.0. The Labute approximate surface area is 131 Å². The molecule has 0 atom stereocenters. The van der Waals surface area contributed by atoms with Gasteiger partial charge in [-0.05, 0) is 43.9 Å². The van der Waals surface area contributed by atoms with Gasteiger partial charge in [-0.25, -0.2) is 0 Å². The summed E-state index contributed by atoms with van der Waals surface area (Å²) < 4.78 is 0. The Hall–Kier alpha value is -0.980. The minimum Gasteiger partial charge on any atom is -0.508 e. The van der Waals surface area contributed by atoms with Crippen LogP contribution in [0, 0.1) is 0 Å². The zero-order valence-electron chi connectivity index (χ0n) is 11.2. The second kappa shape index (κ2) is 8.24. The molecular weight excluding hydrogens is 353 g/mol. The summed E-state index contributed by atoms with van der Waals surface area (Å²) >= 11 is 0. The average molecular weight is 375 g/mol. The van der Waals surface area contributed by atoms with E-state index >= 15 is 0 Å². The molecule has 0 aliphatic heterocycles. The summed E-state index contributed by atoms with van der Waals surface area (Å²) in [5.74, 6) is 1.22. The molecule has 4 nitrogen and oxygen atoms in total. The summed E-state index contributed by atoms with van der Waals surface area (Å²) in [7, 11) is 0. The maximum absolute atomic E-state index is 9.37. The molecule has 0 saturated heterocycles. The van der Waals surface area contributed by atoms with Crippen LogP contribution in [-0.2, 0) is 6.42 Å². The second-order valence-electron chi connectivity index (χ2n) is 4.60. The van der Waals surface area contributed by atoms with Crippen molar-refractivity contribution in [3.8, 4) is 5.75 Å². The van der Waals surface area contributed by atoms with E-state index in [1.807, 2.05) is 12.1 Å². The fourth-order valence-electron chi connectivity index (χ4n) is 1.75. The molecule has 1 aliphatic carbocycles. The van der Waals surface area contributed by atoms with Gasteiger partial charge in [-0.3, -0.25) is 4.99 Å². The quantitative estimate of drug-likeness (QED) is 0.421. The van der Waals surface area contributed by atoms with E-state index in [1.54, 1.807) is 12.1 Å². The number of aromatic hydroxyl groups is 1. The molecule has 0 spiro atoms. The van der Waals surface area contributed by atoms with Crippen molar-refractivity contribution in [3.63, 3.8) is 0 Å². The fraction of sp³-hybridized carbons (Fsp3) is 0.500. The van der Waals surface area contributed by atoms with Crippen molar-refractivity contribution < 1.29 is 5.11 Å². The highest BCUT2D eigenvalue weighted by molar-refractivity contribution is 14.0. The van der Waals surface area contributed by atoms with Crippen LogP contribution < -0.4 is 10.6 Å². The number of nitrogens with zero attached hydrogens (tertiary/aromatic N) is 1. The number of phenolic OH excluding ortho intramolecular Hbond substituents is 1. The molecule has 0 unspecified atom stereocenters. The third-order valence-electron chi connectivity index (χ3n) is 2.84. The lowest BCUT2D eigenvalue weighted by Crippen LogP contribution is -2.38. The number of hydrogen-bond acceptors (Lipinski definition) is 2. The predicted molar refractivity (Wildman–Crippen MR) is 89.4 cm³/mol. The highest BCUT2D eigenvalue weighted by Crippen LogP contribution is 2.18. The third kappa shape index (κ3) is 6.13. The van der Waals surface area contributed by atoms with Gasteiger partial charge < -0.3 is 15.7 Å². The van der Waals surface area contributed by atoms with Gasteiger partial charge in [-0.2, -0.15) is 0 Å². The van der Waals surface area contributed by atoms with Crippen molar-refractivity contribution in [2.45, 2.75) is 32.2 Å². The second-order valence-corrected chi connectivity index (χ2v) is 4.60. The van der Waals surface area contributed by atoms with Gasteiger partial charge in [-0.1, -0.05) is 12.1 Å². The largest absolute Gasteiger partial charge is 0.508 e. The Bertz CT molecular complexity index is 419. The average Bonchev–Trinajstić information content (AvgIpc) is 3.13. The molecule has 0 amide bonds. The van der Waals surface area contributed by atoms with Crippen molar-refractivity contribution in [1.82, 2.24) is 10.6 Å². The summed E-state index contributed by atoms with van der Waals surface area (Å²) in [6.45, 7) is 3.68. The minimum absolute atomic E-state index is 0. The monoisotopic (exact) mass is 375 g/mol. The maximum Gasteiger partial charge on any atom is 0.191 e. The van der Waals surface area contributed by atoms with Crippen LogP contribution in [-0.4, -0.2) is 30.2 Å². The number of benzene rings is 1. The minimum atomic E-state index is 0. The lowest BCUT2D eigenvalue weighted by Gasteiger charge is -2.10. The van der Waals surface area contributed by atoms with Gasteiger partial charge in [0, 0.05) is 19.1 Å². The number of hydrogen-bond donors (Lipinski definition) is 3. The molecule has 1 aromatic carbocycles. The van der Waals surface area contributed by atoms with Crippen molar-refractivity contribution in [2.24, 2.45) is 4.99 Å². The Morgan fingerprint density at radius 2 is 2.21 bits per heavy atom. The van der Waals surface area contributed by atoms with E-state index in [2.05, 4.69) is 22.5 Å². The van der Waals surface area contributed by atoms with Crippen LogP contribution in [0.25, 0.3) is 0 Å². The zero-order chi connectivity index (χ0) is 12.8. The number of rotatable bonds is 5. The molecule has 0 bridgehead atoms. The number of halogens is 1. The van der Waals surface area contributed by atoms with Crippen LogP contribution in [0.3, 0.4) is 0 Å². The highest BCUT2D eigenvalue weighted by atomic mass is 127. The van der Waals surface area contributed by atoms with Gasteiger partial charge in [0.05, 0.1) is 0 Å². The molecule has 0 aromatic heterocycles. The molecule has 1 aliphatic rings. The molecule has 2 rings (SSSR count). The summed E-state index contributed by atoms with van der Waals surface area (Å²) in [6.07, 6.45) is 3.34. The van der Waals surface area contributed by atoms with Crippen molar-refractivity contribution >= 4 is 29.9 Å². The Morgan fingerprint density at radius 1 is 1.42 bits per heavy atom. The van der Waals surface area contributed by atoms with Crippen LogP contribution in [0.4, 0.5) is 0 Å². The van der Waals surface area contributed by atoms with Gasteiger partial charge in [-0.15, -0.1) is 24.0 Å². The fourth-order valence-corrected chi connectivity index (χ4v) is 1.75. The van der Waals surface area contributed by atoms with Crippen molar-refractivity contribution in [2.75, 3.05) is 13.1 Å². The van der Waals surface area contributed by atoms with Crippen molar-refractivity contribution in [1.29, 1.82) is 0 Å². The number of aliphatic imine (C=N–C) groups is 1. The molecule has 0 heterocycles. The topological polar surface area (TPSA) is 56.7 Å². The van der Waals surface area contributed by atoms with E-state index in [0.29, 0.717) is 11.8 Å². The van der Waals surface area contributed by atoms with Crippen LogP contribution in [0.2, 0.25) is 0 Å². The molecule has 19 heavy (non-hydrogen) atoms. The third-order valence-corrected chi connectivity index (χ3v) is 2.84. The SMILES string of the molecule is CCNC(=NCCc1cccc(O)c1)NC1CC1.I. The summed E-state index contributed by atoms with van der Waals surface area (Å²) in [6, 6.07) is 7.96. The first-order valence-electron chi connectivity index (χ1n) is 6.60. The normalized spacial score (nSPS) is 14.7. The van der Waals surface area contributed by atoms with Crippen LogP contribution in [0.1, 0.15) is 25.3 Å². The molecule has 0 radical (unpaired) electrons.